The molecule has 136 valence electrons. The van der Waals surface area contributed by atoms with Crippen LogP contribution in [0.1, 0.15) is 0 Å². The van der Waals surface area contributed by atoms with Crippen LogP contribution in [0.3, 0.4) is 0 Å². The van der Waals surface area contributed by atoms with Crippen molar-refractivity contribution in [2.45, 2.75) is 14.7 Å². The van der Waals surface area contributed by atoms with Crippen LogP contribution in [0.25, 0.3) is 0 Å². The Bertz CT molecular complexity index is 1120. The van der Waals surface area contributed by atoms with Gasteiger partial charge in [-0.15, -0.1) is 0 Å². The highest BCUT2D eigenvalue weighted by atomic mass is 35.7. The van der Waals surface area contributed by atoms with Crippen LogP contribution in [0.15, 0.2) is 57.2 Å². The van der Waals surface area contributed by atoms with E-state index in [0.29, 0.717) is 18.2 Å². The van der Waals surface area contributed by atoms with Crippen LogP contribution in [0.5, 0.6) is 0 Å². The van der Waals surface area contributed by atoms with Crippen molar-refractivity contribution in [3.63, 3.8) is 0 Å². The summed E-state index contributed by atoms with van der Waals surface area (Å²) < 4.78 is 97.4. The molecule has 0 saturated heterocycles. The second kappa shape index (κ2) is 6.63. The van der Waals surface area contributed by atoms with E-state index in [0.717, 1.165) is 24.3 Å². The highest BCUT2D eigenvalue weighted by molar-refractivity contribution is 8.13. The molecule has 2 rings (SSSR count). The van der Waals surface area contributed by atoms with E-state index in [1.807, 2.05) is 0 Å². The molecule has 0 aliphatic carbocycles. The zero-order chi connectivity index (χ0) is 19.0. The van der Waals surface area contributed by atoms with Crippen LogP contribution in [-0.4, -0.2) is 30.3 Å². The van der Waals surface area contributed by atoms with Crippen molar-refractivity contribution in [1.82, 2.24) is 0 Å². The summed E-state index contributed by atoms with van der Waals surface area (Å²) in [5.41, 5.74) is 0. The molecule has 12 heteroatoms. The van der Waals surface area contributed by atoms with E-state index in [9.17, 15) is 34.0 Å². The topological polar surface area (TPSA) is 102 Å². The molecule has 0 saturated carbocycles. The Balaban J connectivity index is 2.40. The first kappa shape index (κ1) is 19.8. The molecule has 2 aromatic rings. The van der Waals surface area contributed by atoms with Gasteiger partial charge >= 0.3 is 0 Å². The molecule has 0 N–H and O–H groups in total. The van der Waals surface area contributed by atoms with Crippen LogP contribution < -0.4 is 0 Å². The van der Waals surface area contributed by atoms with Gasteiger partial charge in [-0.25, -0.2) is 34.0 Å². The maximum atomic E-state index is 13.6. The van der Waals surface area contributed by atoms with Gasteiger partial charge in [0.25, 0.3) is 9.05 Å². The van der Waals surface area contributed by atoms with Gasteiger partial charge in [0.2, 0.25) is 0 Å². The third-order valence-corrected chi connectivity index (χ3v) is 8.85. The van der Waals surface area contributed by atoms with Gasteiger partial charge in [0.1, 0.15) is 16.5 Å². The predicted octanol–water partition coefficient (Wildman–Crippen LogP) is 2.10. The monoisotopic (exact) mass is 430 g/mol. The number of hydrogen-bond donors (Lipinski definition) is 0. The van der Waals surface area contributed by atoms with E-state index in [1.54, 1.807) is 0 Å². The van der Waals surface area contributed by atoms with E-state index in [2.05, 4.69) is 0 Å². The van der Waals surface area contributed by atoms with Crippen molar-refractivity contribution in [3.05, 3.63) is 54.1 Å². The summed E-state index contributed by atoms with van der Waals surface area (Å²) in [4.78, 5) is -1.83. The fourth-order valence-electron chi connectivity index (χ4n) is 1.87. The lowest BCUT2D eigenvalue weighted by Gasteiger charge is -2.08. The number of halogens is 3. The molecule has 0 amide bonds. The fraction of sp³-hybridized carbons (Fsp3) is 0.0769. The highest BCUT2D eigenvalue weighted by Crippen LogP contribution is 2.23. The van der Waals surface area contributed by atoms with E-state index < -0.39 is 55.2 Å². The lowest BCUT2D eigenvalue weighted by atomic mass is 10.3. The van der Waals surface area contributed by atoms with Crippen molar-refractivity contribution >= 4 is 39.4 Å². The zero-order valence-electron chi connectivity index (χ0n) is 12.1. The lowest BCUT2D eigenvalue weighted by molar-refractivity contribution is 0.550. The summed E-state index contributed by atoms with van der Waals surface area (Å²) in [5, 5.41) is -1.48. The van der Waals surface area contributed by atoms with E-state index >= 15 is 0 Å². The molecule has 0 aliphatic rings. The molecule has 0 unspecified atom stereocenters. The van der Waals surface area contributed by atoms with Gasteiger partial charge < -0.3 is 0 Å². The van der Waals surface area contributed by atoms with Gasteiger partial charge in [-0.3, -0.25) is 0 Å². The normalized spacial score (nSPS) is 12.9. The van der Waals surface area contributed by atoms with Crippen LogP contribution in [-0.2, 0) is 28.7 Å². The van der Waals surface area contributed by atoms with E-state index in [1.165, 1.54) is 0 Å². The molecule has 0 aliphatic heterocycles. The Morgan fingerprint density at radius 3 is 1.76 bits per heavy atom. The predicted molar refractivity (Wildman–Crippen MR) is 85.1 cm³/mol. The second-order valence-electron chi connectivity index (χ2n) is 4.83. The molecular weight excluding hydrogens is 422 g/mol. The van der Waals surface area contributed by atoms with Gasteiger partial charge in [0, 0.05) is 16.7 Å². The first-order chi connectivity index (χ1) is 11.3. The smallest absolute Gasteiger partial charge is 0.223 e. The van der Waals surface area contributed by atoms with Crippen LogP contribution in [0.4, 0.5) is 8.78 Å². The Morgan fingerprint density at radius 1 is 0.760 bits per heavy atom. The maximum absolute atomic E-state index is 13.6. The molecule has 0 radical (unpaired) electrons. The van der Waals surface area contributed by atoms with Gasteiger partial charge in [0.05, 0.1) is 9.79 Å². The van der Waals surface area contributed by atoms with Crippen LogP contribution in [0, 0.1) is 11.6 Å². The average Bonchev–Trinajstić information content (AvgIpc) is 2.45. The quantitative estimate of drug-likeness (QED) is 0.531. The Morgan fingerprint density at radius 2 is 1.28 bits per heavy atom. The number of hydrogen-bond acceptors (Lipinski definition) is 6. The van der Waals surface area contributed by atoms with Crippen molar-refractivity contribution in [2.75, 3.05) is 5.08 Å². The van der Waals surface area contributed by atoms with Crippen LogP contribution >= 0.6 is 10.7 Å². The van der Waals surface area contributed by atoms with Gasteiger partial charge in [-0.05, 0) is 36.4 Å². The molecule has 0 atom stereocenters. The first-order valence-electron chi connectivity index (χ1n) is 6.28. The van der Waals surface area contributed by atoms with Crippen molar-refractivity contribution in [1.29, 1.82) is 0 Å². The molecule has 0 bridgehead atoms. The van der Waals surface area contributed by atoms with Crippen LogP contribution in [0.2, 0.25) is 0 Å². The Hall–Kier alpha value is -1.56. The summed E-state index contributed by atoms with van der Waals surface area (Å²) in [7, 11) is -8.05. The summed E-state index contributed by atoms with van der Waals surface area (Å²) in [6.45, 7) is 0. The van der Waals surface area contributed by atoms with Gasteiger partial charge in [-0.2, -0.15) is 0 Å². The largest absolute Gasteiger partial charge is 0.261 e. The fourth-order valence-corrected chi connectivity index (χ4v) is 6.51. The summed E-state index contributed by atoms with van der Waals surface area (Å²) in [5.74, 6) is -2.43. The molecule has 25 heavy (non-hydrogen) atoms. The first-order valence-corrected chi connectivity index (χ1v) is 11.9. The van der Waals surface area contributed by atoms with Crippen molar-refractivity contribution in [2.24, 2.45) is 0 Å². The molecule has 0 heterocycles. The molecule has 0 aromatic heterocycles. The van der Waals surface area contributed by atoms with E-state index in [4.69, 9.17) is 10.7 Å². The standard InChI is InChI=1S/C13H9ClF2O6S3/c14-25(21,22)11-4-2-10(3-5-11)23(17,18)8-24(19,20)13-6-1-9(15)7-12(13)16/h1-7H,8H2. The van der Waals surface area contributed by atoms with Gasteiger partial charge in [-0.1, -0.05) is 0 Å². The van der Waals surface area contributed by atoms with Gasteiger partial charge in [0.15, 0.2) is 24.8 Å². The summed E-state index contributed by atoms with van der Waals surface area (Å²) in [6, 6.07) is 5.13. The zero-order valence-corrected chi connectivity index (χ0v) is 15.3. The second-order valence-corrected chi connectivity index (χ2v) is 11.7. The third-order valence-electron chi connectivity index (χ3n) is 3.00. The Kier molecular flexibility index (Phi) is 5.24. The lowest BCUT2D eigenvalue weighted by Crippen LogP contribution is -2.18. The number of rotatable bonds is 5. The minimum Gasteiger partial charge on any atom is -0.223 e. The highest BCUT2D eigenvalue weighted by Gasteiger charge is 2.28. The van der Waals surface area contributed by atoms with E-state index in [-0.39, 0.29) is 4.90 Å². The molecular formula is C13H9ClF2O6S3. The molecule has 6 nitrogen and oxygen atoms in total. The average molecular weight is 431 g/mol. The molecule has 0 spiro atoms. The van der Waals surface area contributed by atoms with Crippen molar-refractivity contribution < 1.29 is 34.0 Å². The van der Waals surface area contributed by atoms with Crippen molar-refractivity contribution in [3.8, 4) is 0 Å². The SMILES string of the molecule is O=S(=O)(Cl)c1ccc(S(=O)(=O)CS(=O)(=O)c2ccc(F)cc2F)cc1. The summed E-state index contributed by atoms with van der Waals surface area (Å²) >= 11 is 0. The number of benzene rings is 2. The molecule has 0 fully saturated rings. The summed E-state index contributed by atoms with van der Waals surface area (Å²) in [6.07, 6.45) is 0. The number of sulfone groups is 2. The minimum atomic E-state index is -4.63. The molecule has 2 aromatic carbocycles. The minimum absolute atomic E-state index is 0.319. The Labute approximate surface area is 147 Å². The maximum Gasteiger partial charge on any atom is 0.261 e. The third kappa shape index (κ3) is 4.54.